The van der Waals surface area contributed by atoms with Crippen LogP contribution < -0.4 is 10.6 Å². The second kappa shape index (κ2) is 6.93. The lowest BCUT2D eigenvalue weighted by Crippen LogP contribution is -2.42. The largest absolute Gasteiger partial charge is 0.366 e. The number of thiazole rings is 1. The van der Waals surface area contributed by atoms with Gasteiger partial charge in [-0.05, 0) is 47.2 Å². The molecule has 0 aliphatic carbocycles. The molecular weight excluding hydrogens is 410 g/mol. The number of primary amides is 1. The molecule has 6 heteroatoms. The Hall–Kier alpha value is -2.70. The quantitative estimate of drug-likeness (QED) is 0.449. The molecule has 1 aliphatic rings. The summed E-state index contributed by atoms with van der Waals surface area (Å²) in [6.07, 6.45) is 0. The summed E-state index contributed by atoms with van der Waals surface area (Å²) in [5, 5.41) is 4.52. The first kappa shape index (κ1) is 19.3. The molecule has 0 saturated heterocycles. The Kier molecular flexibility index (Phi) is 4.45. The van der Waals surface area contributed by atoms with E-state index in [9.17, 15) is 4.79 Å². The van der Waals surface area contributed by atoms with Gasteiger partial charge in [-0.3, -0.25) is 4.79 Å². The molecule has 0 atom stereocenters. The van der Waals surface area contributed by atoms with Crippen molar-refractivity contribution in [1.82, 2.24) is 4.98 Å². The normalized spacial score (nSPS) is 15.4. The summed E-state index contributed by atoms with van der Waals surface area (Å²) in [6.45, 7) is 8.25. The number of benzene rings is 2. The fourth-order valence-electron chi connectivity index (χ4n) is 4.39. The lowest BCUT2D eigenvalue weighted by molar-refractivity contribution is 0.1000. The second-order valence-corrected chi connectivity index (χ2v) is 10.4. The van der Waals surface area contributed by atoms with Crippen LogP contribution in [0.2, 0.25) is 0 Å². The molecule has 0 fully saturated rings. The van der Waals surface area contributed by atoms with Gasteiger partial charge in [0.2, 0.25) is 5.91 Å². The zero-order valence-electron chi connectivity index (χ0n) is 17.2. The van der Waals surface area contributed by atoms with Crippen LogP contribution in [0.15, 0.2) is 47.8 Å². The summed E-state index contributed by atoms with van der Waals surface area (Å²) in [7, 11) is 0. The van der Waals surface area contributed by atoms with E-state index < -0.39 is 0 Å². The molecule has 1 aliphatic heterocycles. The van der Waals surface area contributed by atoms with E-state index in [0.29, 0.717) is 5.56 Å². The van der Waals surface area contributed by atoms with Crippen molar-refractivity contribution < 1.29 is 4.79 Å². The van der Waals surface area contributed by atoms with Gasteiger partial charge in [0.05, 0.1) is 10.6 Å². The van der Waals surface area contributed by atoms with Gasteiger partial charge in [-0.1, -0.05) is 38.1 Å². The first-order chi connectivity index (χ1) is 14.3. The number of fused-ring (bicyclic) bond motifs is 2. The molecule has 0 saturated carbocycles. The third-order valence-electron chi connectivity index (χ3n) is 5.91. The van der Waals surface area contributed by atoms with Crippen molar-refractivity contribution in [1.29, 1.82) is 0 Å². The van der Waals surface area contributed by atoms with Gasteiger partial charge in [-0.15, -0.1) is 22.7 Å². The highest BCUT2D eigenvalue weighted by Crippen LogP contribution is 2.41. The zero-order valence-corrected chi connectivity index (χ0v) is 18.9. The first-order valence-electron chi connectivity index (χ1n) is 9.96. The Balaban J connectivity index is 1.49. The number of amides is 1. The highest BCUT2D eigenvalue weighted by molar-refractivity contribution is 7.23. The maximum atomic E-state index is 11.6. The van der Waals surface area contributed by atoms with Gasteiger partial charge >= 0.3 is 0 Å². The van der Waals surface area contributed by atoms with Crippen LogP contribution in [0.5, 0.6) is 0 Å². The molecule has 0 spiro atoms. The molecule has 152 valence electrons. The third-order valence-corrected chi connectivity index (χ3v) is 8.11. The minimum Gasteiger partial charge on any atom is -0.366 e. The Labute approximate surface area is 184 Å². The highest BCUT2D eigenvalue weighted by Gasteiger charge is 2.33. The molecule has 0 unspecified atom stereocenters. The number of aryl methyl sites for hydroxylation is 1. The topological polar surface area (TPSA) is 59.2 Å². The number of hydrogen-bond acceptors (Lipinski definition) is 5. The summed E-state index contributed by atoms with van der Waals surface area (Å²) in [6, 6.07) is 14.4. The zero-order chi connectivity index (χ0) is 21.0. The number of carbonyl (C=O) groups excluding carboxylic acids is 1. The van der Waals surface area contributed by atoms with Crippen molar-refractivity contribution in [2.24, 2.45) is 5.73 Å². The van der Waals surface area contributed by atoms with E-state index >= 15 is 0 Å². The van der Waals surface area contributed by atoms with Crippen molar-refractivity contribution >= 4 is 43.8 Å². The maximum Gasteiger partial charge on any atom is 0.248 e. The van der Waals surface area contributed by atoms with Crippen LogP contribution in [-0.4, -0.2) is 17.4 Å². The predicted molar refractivity (Wildman–Crippen MR) is 127 cm³/mol. The number of anilines is 1. The summed E-state index contributed by atoms with van der Waals surface area (Å²) in [5.41, 5.74) is 10.8. The average Bonchev–Trinajstić information content (AvgIpc) is 3.32. The van der Waals surface area contributed by atoms with E-state index in [0.717, 1.165) is 23.9 Å². The van der Waals surface area contributed by atoms with Crippen LogP contribution >= 0.6 is 22.7 Å². The Morgan fingerprint density at radius 3 is 2.77 bits per heavy atom. The fourth-order valence-corrected chi connectivity index (χ4v) is 6.45. The number of rotatable bonds is 3. The molecule has 2 aromatic heterocycles. The van der Waals surface area contributed by atoms with Gasteiger partial charge < -0.3 is 10.6 Å². The van der Waals surface area contributed by atoms with E-state index in [2.05, 4.69) is 55.3 Å². The van der Waals surface area contributed by atoms with Crippen LogP contribution in [0, 0.1) is 6.92 Å². The SMILES string of the molecule is Cc1c(-c2csc(N3Cc4ccc(C(N)=O)cc4C(C)(C)C3)n2)sc2ccccc12. The number of thiophene rings is 1. The summed E-state index contributed by atoms with van der Waals surface area (Å²) in [5.74, 6) is -0.376. The van der Waals surface area contributed by atoms with Crippen molar-refractivity contribution in [3.63, 3.8) is 0 Å². The predicted octanol–water partition coefficient (Wildman–Crippen LogP) is 5.73. The van der Waals surface area contributed by atoms with Gasteiger partial charge in [0.1, 0.15) is 0 Å². The smallest absolute Gasteiger partial charge is 0.248 e. The molecule has 4 nitrogen and oxygen atoms in total. The highest BCUT2D eigenvalue weighted by atomic mass is 32.1. The minimum atomic E-state index is -0.376. The van der Waals surface area contributed by atoms with Crippen molar-refractivity contribution in [2.75, 3.05) is 11.4 Å². The van der Waals surface area contributed by atoms with Crippen LogP contribution in [0.1, 0.15) is 40.9 Å². The fraction of sp³-hybridized carbons (Fsp3) is 0.250. The van der Waals surface area contributed by atoms with E-state index in [-0.39, 0.29) is 11.3 Å². The van der Waals surface area contributed by atoms with E-state index in [1.165, 1.54) is 31.7 Å². The third kappa shape index (κ3) is 3.11. The van der Waals surface area contributed by atoms with Crippen molar-refractivity contribution in [3.05, 3.63) is 70.1 Å². The Bertz CT molecular complexity index is 1280. The average molecular weight is 434 g/mol. The summed E-state index contributed by atoms with van der Waals surface area (Å²) < 4.78 is 1.30. The standard InChI is InChI=1S/C24H23N3OS2/c1-14-17-6-4-5-7-20(17)30-21(14)19-12-29-23(26-19)27-11-16-9-8-15(22(25)28)10-18(16)24(2,3)13-27/h4-10,12H,11,13H2,1-3H3,(H2,25,28). The van der Waals surface area contributed by atoms with Gasteiger partial charge in [0.15, 0.2) is 5.13 Å². The first-order valence-corrected chi connectivity index (χ1v) is 11.7. The summed E-state index contributed by atoms with van der Waals surface area (Å²) >= 11 is 3.51. The van der Waals surface area contributed by atoms with Crippen LogP contribution in [-0.2, 0) is 12.0 Å². The van der Waals surface area contributed by atoms with Crippen molar-refractivity contribution in [3.8, 4) is 10.6 Å². The summed E-state index contributed by atoms with van der Waals surface area (Å²) in [4.78, 5) is 20.2. The molecule has 5 rings (SSSR count). The molecule has 2 N–H and O–H groups in total. The molecule has 3 heterocycles. The van der Waals surface area contributed by atoms with Crippen LogP contribution in [0.3, 0.4) is 0 Å². The lowest BCUT2D eigenvalue weighted by Gasteiger charge is -2.40. The molecule has 4 aromatic rings. The van der Waals surface area contributed by atoms with Crippen LogP contribution in [0.25, 0.3) is 20.7 Å². The Morgan fingerprint density at radius 1 is 1.20 bits per heavy atom. The van der Waals surface area contributed by atoms with E-state index in [1.807, 2.05) is 29.5 Å². The second-order valence-electron chi connectivity index (χ2n) is 8.54. The molecular formula is C24H23N3OS2. The van der Waals surface area contributed by atoms with E-state index in [1.54, 1.807) is 11.3 Å². The molecule has 0 radical (unpaired) electrons. The lowest BCUT2D eigenvalue weighted by atomic mass is 9.78. The number of nitrogens with zero attached hydrogens (tertiary/aromatic N) is 2. The molecule has 2 aromatic carbocycles. The number of hydrogen-bond donors (Lipinski definition) is 1. The minimum absolute atomic E-state index is 0.0988. The van der Waals surface area contributed by atoms with Gasteiger partial charge in [-0.25, -0.2) is 4.98 Å². The monoisotopic (exact) mass is 433 g/mol. The van der Waals surface area contributed by atoms with Gasteiger partial charge in [0.25, 0.3) is 0 Å². The van der Waals surface area contributed by atoms with Gasteiger partial charge in [-0.2, -0.15) is 0 Å². The maximum absolute atomic E-state index is 11.6. The number of nitrogens with two attached hydrogens (primary N) is 1. The Morgan fingerprint density at radius 2 is 2.00 bits per heavy atom. The van der Waals surface area contributed by atoms with Crippen LogP contribution in [0.4, 0.5) is 5.13 Å². The van der Waals surface area contributed by atoms with Crippen molar-refractivity contribution in [2.45, 2.75) is 32.7 Å². The molecule has 0 bridgehead atoms. The molecule has 30 heavy (non-hydrogen) atoms. The number of carbonyl (C=O) groups is 1. The number of aromatic nitrogens is 1. The molecule has 1 amide bonds. The van der Waals surface area contributed by atoms with Gasteiger partial charge in [0, 0.05) is 34.1 Å². The van der Waals surface area contributed by atoms with E-state index in [4.69, 9.17) is 10.7 Å².